The van der Waals surface area contributed by atoms with Crippen LogP contribution in [-0.4, -0.2) is 24.9 Å². The molecule has 0 aliphatic heterocycles. The Hall–Kier alpha value is -3.47. The van der Waals surface area contributed by atoms with E-state index in [1.54, 1.807) is 12.2 Å². The largest absolute Gasteiger partial charge is 0.322 e. The van der Waals surface area contributed by atoms with Crippen LogP contribution in [0.15, 0.2) is 60.7 Å². The van der Waals surface area contributed by atoms with E-state index in [0.29, 0.717) is 12.1 Å². The summed E-state index contributed by atoms with van der Waals surface area (Å²) < 4.78 is 4.40. The molecule has 4 rings (SSSR count). The second-order valence-electron chi connectivity index (χ2n) is 8.24. The first-order chi connectivity index (χ1) is 15.5. The van der Waals surface area contributed by atoms with Crippen LogP contribution in [0.3, 0.4) is 0 Å². The van der Waals surface area contributed by atoms with E-state index in [9.17, 15) is 4.79 Å². The van der Waals surface area contributed by atoms with Gasteiger partial charge in [-0.1, -0.05) is 38.1 Å². The molecular weight excluding hydrogens is 396 g/mol. The van der Waals surface area contributed by atoms with Crippen molar-refractivity contribution in [1.82, 2.24) is 19.1 Å². The first kappa shape index (κ1) is 21.8. The average Bonchev–Trinajstić information content (AvgIpc) is 3.38. The highest BCUT2D eigenvalue weighted by Crippen LogP contribution is 2.25. The van der Waals surface area contributed by atoms with Crippen molar-refractivity contribution >= 4 is 40.0 Å². The lowest BCUT2D eigenvalue weighted by atomic mass is 10.2. The maximum absolute atomic E-state index is 12.7. The molecule has 0 aliphatic carbocycles. The number of imidazole rings is 2. The number of carbonyl (C=O) groups excluding carboxylic acids is 1. The molecule has 0 bridgehead atoms. The summed E-state index contributed by atoms with van der Waals surface area (Å²) in [6.45, 7) is 8.66. The highest BCUT2D eigenvalue weighted by Gasteiger charge is 2.14. The van der Waals surface area contributed by atoms with Crippen molar-refractivity contribution in [2.45, 2.75) is 52.6 Å². The molecule has 2 aromatic heterocycles. The number of nitrogens with zero attached hydrogens (tertiary/aromatic N) is 4. The molecule has 0 saturated heterocycles. The number of benzene rings is 2. The van der Waals surface area contributed by atoms with Crippen LogP contribution in [0.5, 0.6) is 0 Å². The van der Waals surface area contributed by atoms with E-state index < -0.39 is 0 Å². The number of hydrogen-bond acceptors (Lipinski definition) is 3. The van der Waals surface area contributed by atoms with Crippen molar-refractivity contribution in [3.8, 4) is 0 Å². The summed E-state index contributed by atoms with van der Waals surface area (Å²) >= 11 is 0. The predicted octanol–water partition coefficient (Wildman–Crippen LogP) is 6.62. The highest BCUT2D eigenvalue weighted by molar-refractivity contribution is 6.04. The normalized spacial score (nSPS) is 14.1. The number of carbonyl (C=O) groups is 1. The van der Waals surface area contributed by atoms with Crippen molar-refractivity contribution in [3.05, 3.63) is 72.3 Å². The molecule has 0 saturated carbocycles. The molecule has 0 amide bonds. The summed E-state index contributed by atoms with van der Waals surface area (Å²) in [7, 11) is 0. The Morgan fingerprint density at radius 1 is 0.781 bits per heavy atom. The molecule has 0 radical (unpaired) electrons. The fourth-order valence-corrected chi connectivity index (χ4v) is 4.02. The Labute approximate surface area is 189 Å². The van der Waals surface area contributed by atoms with Crippen LogP contribution >= 0.6 is 0 Å². The summed E-state index contributed by atoms with van der Waals surface area (Å²) in [6, 6.07) is 16.8. The monoisotopic (exact) mass is 426 g/mol. The summed E-state index contributed by atoms with van der Waals surface area (Å²) in [5.41, 5.74) is 4.06. The van der Waals surface area contributed by atoms with Gasteiger partial charge in [0.2, 0.25) is 0 Å². The maximum Gasteiger partial charge on any atom is 0.178 e. The van der Waals surface area contributed by atoms with Gasteiger partial charge in [-0.25, -0.2) is 9.97 Å². The minimum absolute atomic E-state index is 0.0875. The molecule has 32 heavy (non-hydrogen) atoms. The third kappa shape index (κ3) is 4.15. The van der Waals surface area contributed by atoms with E-state index in [1.807, 2.05) is 48.6 Å². The molecule has 2 atom stereocenters. The quantitative estimate of drug-likeness (QED) is 0.297. The molecule has 0 aliphatic rings. The number of fused-ring (bicyclic) bond motifs is 2. The van der Waals surface area contributed by atoms with Crippen molar-refractivity contribution in [1.29, 1.82) is 0 Å². The molecule has 0 N–H and O–H groups in total. The minimum Gasteiger partial charge on any atom is -0.322 e. The average molecular weight is 427 g/mol. The second kappa shape index (κ2) is 9.35. The van der Waals surface area contributed by atoms with Gasteiger partial charge in [0.25, 0.3) is 0 Å². The first-order valence-corrected chi connectivity index (χ1v) is 11.4. The Bertz CT molecular complexity index is 1210. The van der Waals surface area contributed by atoms with Gasteiger partial charge >= 0.3 is 0 Å². The Morgan fingerprint density at radius 3 is 1.59 bits per heavy atom. The van der Waals surface area contributed by atoms with Gasteiger partial charge in [0.1, 0.15) is 11.6 Å². The predicted molar refractivity (Wildman–Crippen MR) is 133 cm³/mol. The number of para-hydroxylation sites is 4. The number of aromatic nitrogens is 4. The molecular formula is C27H30N4O. The summed E-state index contributed by atoms with van der Waals surface area (Å²) in [5.74, 6) is 1.51. The first-order valence-electron chi connectivity index (χ1n) is 11.4. The fraction of sp³-hybridized carbons (Fsp3) is 0.296. The Morgan fingerprint density at radius 2 is 1.19 bits per heavy atom. The summed E-state index contributed by atoms with van der Waals surface area (Å²) in [5, 5.41) is 0. The lowest BCUT2D eigenvalue weighted by molar-refractivity contribution is -0.110. The van der Waals surface area contributed by atoms with Crippen LogP contribution in [0.2, 0.25) is 0 Å². The third-order valence-electron chi connectivity index (χ3n) is 6.10. The van der Waals surface area contributed by atoms with E-state index in [0.717, 1.165) is 46.6 Å². The van der Waals surface area contributed by atoms with Gasteiger partial charge in [0, 0.05) is 12.1 Å². The molecule has 0 spiro atoms. The van der Waals surface area contributed by atoms with E-state index in [1.165, 1.54) is 0 Å². The Balaban J connectivity index is 1.63. The van der Waals surface area contributed by atoms with Gasteiger partial charge in [-0.3, -0.25) is 4.79 Å². The fourth-order valence-electron chi connectivity index (χ4n) is 4.02. The smallest absolute Gasteiger partial charge is 0.178 e. The van der Waals surface area contributed by atoms with E-state index in [-0.39, 0.29) is 5.78 Å². The molecule has 0 fully saturated rings. The molecule has 2 heterocycles. The Kier molecular flexibility index (Phi) is 6.35. The molecule has 2 aromatic carbocycles. The minimum atomic E-state index is -0.0875. The zero-order chi connectivity index (χ0) is 22.7. The molecule has 5 heteroatoms. The van der Waals surface area contributed by atoms with E-state index >= 15 is 0 Å². The molecule has 5 nitrogen and oxygen atoms in total. The third-order valence-corrected chi connectivity index (χ3v) is 6.10. The topological polar surface area (TPSA) is 52.7 Å². The van der Waals surface area contributed by atoms with Gasteiger partial charge in [0.05, 0.1) is 22.1 Å². The summed E-state index contributed by atoms with van der Waals surface area (Å²) in [6.07, 6.45) is 8.79. The second-order valence-corrected chi connectivity index (χ2v) is 8.24. The van der Waals surface area contributed by atoms with Crippen LogP contribution in [0.4, 0.5) is 0 Å². The van der Waals surface area contributed by atoms with Crippen molar-refractivity contribution in [2.75, 3.05) is 0 Å². The summed E-state index contributed by atoms with van der Waals surface area (Å²) in [4.78, 5) is 22.1. The van der Waals surface area contributed by atoms with Crippen LogP contribution in [0.25, 0.3) is 34.2 Å². The lowest BCUT2D eigenvalue weighted by Gasteiger charge is -2.14. The van der Waals surface area contributed by atoms with Gasteiger partial charge in [-0.05, 0) is 75.3 Å². The standard InChI is InChI=1S/C27H30N4O/c1-5-19(3)30-24-13-9-7-11-22(24)28-26(30)17-15-21(32)16-18-27-29-23-12-8-10-14-25(23)31(27)20(4)6-2/h7-20H,5-6H2,1-4H3/b17-15+,18-16+. The number of ketones is 1. The SMILES string of the molecule is CCC(C)n1c(/C=C/C(=O)/C=C/c2nc3ccccc3n2C(C)CC)nc2ccccc21. The van der Waals surface area contributed by atoms with Crippen molar-refractivity contribution < 1.29 is 4.79 Å². The number of allylic oxidation sites excluding steroid dienone is 2. The molecule has 164 valence electrons. The number of hydrogen-bond donors (Lipinski definition) is 0. The molecule has 4 aromatic rings. The molecule has 2 unspecified atom stereocenters. The van der Waals surface area contributed by atoms with E-state index in [4.69, 9.17) is 9.97 Å². The van der Waals surface area contributed by atoms with Gasteiger partial charge in [-0.2, -0.15) is 0 Å². The number of rotatable bonds is 8. The zero-order valence-corrected chi connectivity index (χ0v) is 19.2. The van der Waals surface area contributed by atoms with Crippen LogP contribution in [0.1, 0.15) is 64.3 Å². The van der Waals surface area contributed by atoms with Crippen LogP contribution < -0.4 is 0 Å². The van der Waals surface area contributed by atoms with Crippen molar-refractivity contribution in [2.24, 2.45) is 0 Å². The van der Waals surface area contributed by atoms with Crippen LogP contribution in [-0.2, 0) is 4.79 Å². The van der Waals surface area contributed by atoms with Gasteiger partial charge in [-0.15, -0.1) is 0 Å². The lowest BCUT2D eigenvalue weighted by Crippen LogP contribution is -2.06. The van der Waals surface area contributed by atoms with Gasteiger partial charge < -0.3 is 9.13 Å². The van der Waals surface area contributed by atoms with Gasteiger partial charge in [0.15, 0.2) is 5.78 Å². The highest BCUT2D eigenvalue weighted by atomic mass is 16.1. The van der Waals surface area contributed by atoms with Crippen molar-refractivity contribution in [3.63, 3.8) is 0 Å². The zero-order valence-electron chi connectivity index (χ0n) is 19.2. The van der Waals surface area contributed by atoms with E-state index in [2.05, 4.69) is 49.0 Å². The maximum atomic E-state index is 12.7. The van der Waals surface area contributed by atoms with Crippen LogP contribution in [0, 0.1) is 0 Å².